The standard InChI is InChI=1S/C19H28N6O2S.HI/c1-15-11-16(22-27-15)14-24-6-8-25(9-7-24)19(21-13-18(26)23(2)3)20-12-17-5-4-10-28-17;/h4-5,10-11H,6-9,12-14H2,1-3H3,(H,20,21);1H. The summed E-state index contributed by atoms with van der Waals surface area (Å²) in [6, 6.07) is 6.12. The lowest BCUT2D eigenvalue weighted by Crippen LogP contribution is -2.52. The molecule has 0 aromatic carbocycles. The van der Waals surface area contributed by atoms with Crippen molar-refractivity contribution in [1.82, 2.24) is 25.2 Å². The van der Waals surface area contributed by atoms with E-state index < -0.39 is 0 Å². The molecular formula is C19H29IN6O2S. The molecule has 3 heterocycles. The number of guanidine groups is 1. The van der Waals surface area contributed by atoms with Gasteiger partial charge in [-0.25, -0.2) is 4.99 Å². The van der Waals surface area contributed by atoms with Gasteiger partial charge in [0, 0.05) is 57.8 Å². The maximum atomic E-state index is 12.0. The molecule has 0 bridgehead atoms. The summed E-state index contributed by atoms with van der Waals surface area (Å²) in [5, 5.41) is 9.57. The van der Waals surface area contributed by atoms with Crippen molar-refractivity contribution in [3.05, 3.63) is 39.9 Å². The minimum absolute atomic E-state index is 0. The largest absolute Gasteiger partial charge is 0.361 e. The molecule has 1 aliphatic heterocycles. The molecule has 0 aliphatic carbocycles. The maximum Gasteiger partial charge on any atom is 0.243 e. The van der Waals surface area contributed by atoms with Crippen LogP contribution in [-0.4, -0.2) is 78.5 Å². The Morgan fingerprint density at radius 2 is 2.10 bits per heavy atom. The van der Waals surface area contributed by atoms with Gasteiger partial charge in [-0.05, 0) is 18.4 Å². The Morgan fingerprint density at radius 3 is 2.69 bits per heavy atom. The molecule has 1 N–H and O–H groups in total. The second-order valence-corrected chi connectivity index (χ2v) is 8.09. The van der Waals surface area contributed by atoms with Gasteiger partial charge in [-0.3, -0.25) is 9.69 Å². The molecule has 0 spiro atoms. The second kappa shape index (κ2) is 11.5. The summed E-state index contributed by atoms with van der Waals surface area (Å²) in [5.41, 5.74) is 0.965. The van der Waals surface area contributed by atoms with Crippen LogP contribution in [0.15, 0.2) is 33.1 Å². The molecule has 1 amide bonds. The number of nitrogens with one attached hydrogen (secondary N) is 1. The van der Waals surface area contributed by atoms with Crippen LogP contribution in [-0.2, 0) is 17.9 Å². The fourth-order valence-electron chi connectivity index (χ4n) is 2.97. The van der Waals surface area contributed by atoms with E-state index in [2.05, 4.69) is 36.7 Å². The lowest BCUT2D eigenvalue weighted by Gasteiger charge is -2.36. The third-order valence-electron chi connectivity index (χ3n) is 4.60. The van der Waals surface area contributed by atoms with E-state index in [1.54, 1.807) is 30.3 Å². The van der Waals surface area contributed by atoms with E-state index in [9.17, 15) is 4.79 Å². The predicted molar refractivity (Wildman–Crippen MR) is 126 cm³/mol. The average molecular weight is 532 g/mol. The Bertz CT molecular complexity index is 784. The minimum atomic E-state index is -0.00420. The van der Waals surface area contributed by atoms with Crippen molar-refractivity contribution in [2.45, 2.75) is 20.0 Å². The summed E-state index contributed by atoms with van der Waals surface area (Å²) in [7, 11) is 3.50. The topological polar surface area (TPSA) is 77.2 Å². The van der Waals surface area contributed by atoms with Gasteiger partial charge in [0.15, 0.2) is 5.96 Å². The highest BCUT2D eigenvalue weighted by molar-refractivity contribution is 14.0. The first kappa shape index (κ1) is 23.6. The van der Waals surface area contributed by atoms with Crippen LogP contribution in [0, 0.1) is 6.92 Å². The number of aliphatic imine (C=N–C) groups is 1. The molecule has 0 unspecified atom stereocenters. The van der Waals surface area contributed by atoms with Gasteiger partial charge in [0.1, 0.15) is 12.3 Å². The second-order valence-electron chi connectivity index (χ2n) is 7.05. The van der Waals surface area contributed by atoms with Gasteiger partial charge >= 0.3 is 0 Å². The molecule has 0 saturated carbocycles. The maximum absolute atomic E-state index is 12.0. The van der Waals surface area contributed by atoms with Gasteiger partial charge in [0.25, 0.3) is 0 Å². The fraction of sp³-hybridized carbons (Fsp3) is 0.526. The molecular weight excluding hydrogens is 503 g/mol. The van der Waals surface area contributed by atoms with Gasteiger partial charge in [-0.15, -0.1) is 35.3 Å². The summed E-state index contributed by atoms with van der Waals surface area (Å²) < 4.78 is 5.16. The van der Waals surface area contributed by atoms with Crippen LogP contribution in [0.5, 0.6) is 0 Å². The summed E-state index contributed by atoms with van der Waals surface area (Å²) in [6.07, 6.45) is 0. The third-order valence-corrected chi connectivity index (χ3v) is 5.47. The Balaban J connectivity index is 0.00000300. The fourth-order valence-corrected chi connectivity index (χ4v) is 3.61. The Hall–Kier alpha value is -1.66. The summed E-state index contributed by atoms with van der Waals surface area (Å²) in [4.78, 5) is 23.9. The number of hydrogen-bond acceptors (Lipinski definition) is 6. The lowest BCUT2D eigenvalue weighted by atomic mass is 10.3. The highest BCUT2D eigenvalue weighted by Gasteiger charge is 2.21. The number of rotatable bonds is 6. The first-order valence-electron chi connectivity index (χ1n) is 9.41. The van der Waals surface area contributed by atoms with Crippen LogP contribution >= 0.6 is 35.3 Å². The number of carbonyl (C=O) groups excluding carboxylic acids is 1. The van der Waals surface area contributed by atoms with E-state index in [0.29, 0.717) is 6.54 Å². The number of aromatic nitrogens is 1. The number of piperazine rings is 1. The summed E-state index contributed by atoms with van der Waals surface area (Å²) >= 11 is 1.71. The zero-order chi connectivity index (χ0) is 19.9. The van der Waals surface area contributed by atoms with Gasteiger partial charge in [0.2, 0.25) is 5.91 Å². The van der Waals surface area contributed by atoms with Crippen LogP contribution in [0.4, 0.5) is 0 Å². The molecule has 0 atom stereocenters. The van der Waals surface area contributed by atoms with Crippen molar-refractivity contribution in [1.29, 1.82) is 0 Å². The first-order chi connectivity index (χ1) is 13.5. The summed E-state index contributed by atoms with van der Waals surface area (Å²) in [6.45, 7) is 7.08. The number of halogens is 1. The van der Waals surface area contributed by atoms with Crippen molar-refractivity contribution in [3.8, 4) is 0 Å². The van der Waals surface area contributed by atoms with Crippen molar-refractivity contribution < 1.29 is 9.32 Å². The highest BCUT2D eigenvalue weighted by atomic mass is 127. The monoisotopic (exact) mass is 532 g/mol. The molecule has 2 aromatic heterocycles. The lowest BCUT2D eigenvalue weighted by molar-refractivity contribution is -0.127. The van der Waals surface area contributed by atoms with Crippen LogP contribution < -0.4 is 5.32 Å². The molecule has 2 aromatic rings. The molecule has 1 fully saturated rings. The zero-order valence-electron chi connectivity index (χ0n) is 17.1. The normalized spacial score (nSPS) is 15.1. The Morgan fingerprint density at radius 1 is 1.34 bits per heavy atom. The minimum Gasteiger partial charge on any atom is -0.361 e. The molecule has 160 valence electrons. The smallest absolute Gasteiger partial charge is 0.243 e. The number of aryl methyl sites for hydroxylation is 1. The number of likely N-dealkylation sites (N-methyl/N-ethyl adjacent to an activating group) is 1. The molecule has 1 saturated heterocycles. The first-order valence-corrected chi connectivity index (χ1v) is 10.3. The summed E-state index contributed by atoms with van der Waals surface area (Å²) in [5.74, 6) is 1.63. The van der Waals surface area contributed by atoms with Crippen LogP contribution in [0.3, 0.4) is 0 Å². The van der Waals surface area contributed by atoms with Gasteiger partial charge < -0.3 is 19.6 Å². The number of nitrogens with zero attached hydrogens (tertiary/aromatic N) is 5. The average Bonchev–Trinajstić information content (AvgIpc) is 3.34. The van der Waals surface area contributed by atoms with Crippen LogP contribution in [0.1, 0.15) is 16.3 Å². The van der Waals surface area contributed by atoms with Gasteiger partial charge in [-0.2, -0.15) is 0 Å². The van der Waals surface area contributed by atoms with E-state index in [-0.39, 0.29) is 36.4 Å². The highest BCUT2D eigenvalue weighted by Crippen LogP contribution is 2.11. The zero-order valence-corrected chi connectivity index (χ0v) is 20.3. The van der Waals surface area contributed by atoms with Gasteiger partial charge in [0.05, 0.1) is 12.2 Å². The van der Waals surface area contributed by atoms with Crippen LogP contribution in [0.25, 0.3) is 0 Å². The predicted octanol–water partition coefficient (Wildman–Crippen LogP) is 2.01. The third kappa shape index (κ3) is 7.27. The van der Waals surface area contributed by atoms with E-state index in [1.165, 1.54) is 4.88 Å². The van der Waals surface area contributed by atoms with E-state index in [4.69, 9.17) is 4.52 Å². The van der Waals surface area contributed by atoms with Crippen LogP contribution in [0.2, 0.25) is 0 Å². The molecule has 8 nitrogen and oxygen atoms in total. The molecule has 3 rings (SSSR count). The number of amides is 1. The number of hydrogen-bond donors (Lipinski definition) is 1. The SMILES string of the molecule is Cc1cc(CN2CCN(C(=NCC(=O)N(C)C)NCc3cccs3)CC2)no1.I. The van der Waals surface area contributed by atoms with E-state index >= 15 is 0 Å². The molecule has 10 heteroatoms. The number of thiophene rings is 1. The van der Waals surface area contributed by atoms with Crippen molar-refractivity contribution in [2.24, 2.45) is 4.99 Å². The molecule has 29 heavy (non-hydrogen) atoms. The molecule has 1 aliphatic rings. The van der Waals surface area contributed by atoms with E-state index in [0.717, 1.165) is 50.1 Å². The number of carbonyl (C=O) groups is 1. The Labute approximate surface area is 192 Å². The molecule has 0 radical (unpaired) electrons. The van der Waals surface area contributed by atoms with E-state index in [1.807, 2.05) is 19.1 Å². The quantitative estimate of drug-likeness (QED) is 0.349. The van der Waals surface area contributed by atoms with Crippen molar-refractivity contribution in [2.75, 3.05) is 46.8 Å². The van der Waals surface area contributed by atoms with Crippen molar-refractivity contribution in [3.63, 3.8) is 0 Å². The van der Waals surface area contributed by atoms with Crippen molar-refractivity contribution >= 4 is 47.2 Å². The Kier molecular flexibility index (Phi) is 9.37. The van der Waals surface area contributed by atoms with Gasteiger partial charge in [-0.1, -0.05) is 11.2 Å².